The zero-order valence-electron chi connectivity index (χ0n) is 11.5. The lowest BCUT2D eigenvalue weighted by atomic mass is 9.97. The van der Waals surface area contributed by atoms with Crippen LogP contribution in [-0.4, -0.2) is 35.0 Å². The van der Waals surface area contributed by atoms with Crippen molar-refractivity contribution in [1.82, 2.24) is 20.6 Å². The van der Waals surface area contributed by atoms with Crippen LogP contribution in [-0.2, 0) is 4.79 Å². The maximum Gasteiger partial charge on any atom is 0.325 e. The highest BCUT2D eigenvalue weighted by Gasteiger charge is 2.22. The van der Waals surface area contributed by atoms with Gasteiger partial charge in [0.1, 0.15) is 0 Å². The fraction of sp³-hybridized carbons (Fsp3) is 0.357. The van der Waals surface area contributed by atoms with Crippen molar-refractivity contribution >= 4 is 28.7 Å². The minimum atomic E-state index is -0.502. The molecule has 1 aliphatic heterocycles. The standard InChI is InChI=1S/C14H17N5O2/c20-13(9-3-5-15-6-4-9)19-14(21)18-10-1-2-11-12(7-10)17-8-16-11/h1-2,7-9,15H,3-6H2,(H,16,17)(H2,18,19,20,21). The van der Waals surface area contributed by atoms with Crippen LogP contribution in [0.1, 0.15) is 12.8 Å². The van der Waals surface area contributed by atoms with Crippen molar-refractivity contribution in [1.29, 1.82) is 0 Å². The van der Waals surface area contributed by atoms with E-state index in [1.807, 2.05) is 0 Å². The van der Waals surface area contributed by atoms with Crippen LogP contribution in [0.3, 0.4) is 0 Å². The molecule has 0 saturated carbocycles. The normalized spacial score (nSPS) is 15.8. The zero-order chi connectivity index (χ0) is 14.7. The van der Waals surface area contributed by atoms with E-state index >= 15 is 0 Å². The summed E-state index contributed by atoms with van der Waals surface area (Å²) >= 11 is 0. The van der Waals surface area contributed by atoms with Gasteiger partial charge in [0.25, 0.3) is 0 Å². The van der Waals surface area contributed by atoms with E-state index in [4.69, 9.17) is 0 Å². The third kappa shape index (κ3) is 3.19. The van der Waals surface area contributed by atoms with Gasteiger partial charge in [-0.3, -0.25) is 10.1 Å². The number of imide groups is 1. The van der Waals surface area contributed by atoms with E-state index in [0.717, 1.165) is 37.0 Å². The highest BCUT2D eigenvalue weighted by Crippen LogP contribution is 2.16. The molecule has 1 aromatic heterocycles. The quantitative estimate of drug-likeness (QED) is 0.667. The molecule has 0 aliphatic carbocycles. The second-order valence-corrected chi connectivity index (χ2v) is 5.10. The smallest absolute Gasteiger partial charge is 0.325 e. The predicted octanol–water partition coefficient (Wildman–Crippen LogP) is 1.21. The fourth-order valence-electron chi connectivity index (χ4n) is 2.47. The number of aromatic amines is 1. The lowest BCUT2D eigenvalue weighted by Crippen LogP contribution is -2.42. The maximum absolute atomic E-state index is 12.0. The minimum absolute atomic E-state index is 0.0907. The predicted molar refractivity (Wildman–Crippen MR) is 78.8 cm³/mol. The van der Waals surface area contributed by atoms with Gasteiger partial charge in [0, 0.05) is 11.6 Å². The van der Waals surface area contributed by atoms with E-state index < -0.39 is 6.03 Å². The molecule has 1 aromatic carbocycles. The number of rotatable bonds is 2. The summed E-state index contributed by atoms with van der Waals surface area (Å²) in [5, 5.41) is 8.24. The first-order valence-corrected chi connectivity index (χ1v) is 6.98. The number of imidazole rings is 1. The summed E-state index contributed by atoms with van der Waals surface area (Å²) in [7, 11) is 0. The number of piperidine rings is 1. The number of nitrogens with zero attached hydrogens (tertiary/aromatic N) is 1. The molecule has 0 atom stereocenters. The fourth-order valence-corrected chi connectivity index (χ4v) is 2.47. The van der Waals surface area contributed by atoms with Gasteiger partial charge in [0.15, 0.2) is 0 Å². The number of carbonyl (C=O) groups excluding carboxylic acids is 2. The summed E-state index contributed by atoms with van der Waals surface area (Å²) in [4.78, 5) is 30.9. The van der Waals surface area contributed by atoms with E-state index in [1.54, 1.807) is 24.5 Å². The van der Waals surface area contributed by atoms with Crippen molar-refractivity contribution in [3.63, 3.8) is 0 Å². The molecular weight excluding hydrogens is 270 g/mol. The highest BCUT2D eigenvalue weighted by atomic mass is 16.2. The lowest BCUT2D eigenvalue weighted by Gasteiger charge is -2.21. The summed E-state index contributed by atoms with van der Waals surface area (Å²) in [6, 6.07) is 4.82. The average Bonchev–Trinajstić information content (AvgIpc) is 2.95. The van der Waals surface area contributed by atoms with Gasteiger partial charge in [-0.15, -0.1) is 0 Å². The molecule has 2 aromatic rings. The van der Waals surface area contributed by atoms with Gasteiger partial charge in [-0.2, -0.15) is 0 Å². The first-order valence-electron chi connectivity index (χ1n) is 6.98. The summed E-state index contributed by atoms with van der Waals surface area (Å²) in [5.41, 5.74) is 2.27. The number of nitrogens with one attached hydrogen (secondary N) is 4. The van der Waals surface area contributed by atoms with Crippen LogP contribution < -0.4 is 16.0 Å². The molecule has 2 heterocycles. The second-order valence-electron chi connectivity index (χ2n) is 5.10. The van der Waals surface area contributed by atoms with E-state index in [1.165, 1.54) is 0 Å². The number of hydrogen-bond donors (Lipinski definition) is 4. The van der Waals surface area contributed by atoms with E-state index in [0.29, 0.717) is 5.69 Å². The molecule has 3 amide bonds. The topological polar surface area (TPSA) is 98.9 Å². The number of benzene rings is 1. The number of anilines is 1. The molecular formula is C14H17N5O2. The number of urea groups is 1. The van der Waals surface area contributed by atoms with Gasteiger partial charge in [-0.1, -0.05) is 0 Å². The van der Waals surface area contributed by atoms with Crippen LogP contribution >= 0.6 is 0 Å². The van der Waals surface area contributed by atoms with Crippen molar-refractivity contribution in [3.8, 4) is 0 Å². The van der Waals surface area contributed by atoms with Crippen LogP contribution in [0.25, 0.3) is 11.0 Å². The van der Waals surface area contributed by atoms with E-state index in [9.17, 15) is 9.59 Å². The molecule has 1 fully saturated rings. The van der Waals surface area contributed by atoms with Gasteiger partial charge in [0.2, 0.25) is 5.91 Å². The SMILES string of the molecule is O=C(NC(=O)C1CCNCC1)Nc1ccc2nc[nH]c2c1. The molecule has 0 spiro atoms. The number of carbonyl (C=O) groups is 2. The molecule has 0 unspecified atom stereocenters. The molecule has 3 rings (SSSR count). The Balaban J connectivity index is 1.59. The van der Waals surface area contributed by atoms with Gasteiger partial charge < -0.3 is 15.6 Å². The number of hydrogen-bond acceptors (Lipinski definition) is 4. The third-order valence-electron chi connectivity index (χ3n) is 3.62. The van der Waals surface area contributed by atoms with Gasteiger partial charge >= 0.3 is 6.03 Å². The van der Waals surface area contributed by atoms with Crippen molar-refractivity contribution < 1.29 is 9.59 Å². The van der Waals surface area contributed by atoms with E-state index in [2.05, 4.69) is 25.9 Å². The molecule has 110 valence electrons. The van der Waals surface area contributed by atoms with Crippen LogP contribution in [0.2, 0.25) is 0 Å². The summed E-state index contributed by atoms with van der Waals surface area (Å²) in [6.07, 6.45) is 3.12. The Morgan fingerprint density at radius 1 is 1.24 bits per heavy atom. The Morgan fingerprint density at radius 2 is 2.05 bits per heavy atom. The molecule has 0 radical (unpaired) electrons. The maximum atomic E-state index is 12.0. The Labute approximate surface area is 121 Å². The Bertz CT molecular complexity index is 660. The average molecular weight is 287 g/mol. The first-order chi connectivity index (χ1) is 10.2. The molecule has 4 N–H and O–H groups in total. The first kappa shape index (κ1) is 13.6. The molecule has 1 aliphatic rings. The van der Waals surface area contributed by atoms with Crippen molar-refractivity contribution in [2.45, 2.75) is 12.8 Å². The molecule has 7 nitrogen and oxygen atoms in total. The number of H-pyrrole nitrogens is 1. The molecule has 1 saturated heterocycles. The van der Waals surface area contributed by atoms with Gasteiger partial charge in [-0.25, -0.2) is 9.78 Å². The third-order valence-corrected chi connectivity index (χ3v) is 3.62. The van der Waals surface area contributed by atoms with E-state index in [-0.39, 0.29) is 11.8 Å². The minimum Gasteiger partial charge on any atom is -0.345 e. The van der Waals surface area contributed by atoms with Crippen LogP contribution in [0.4, 0.5) is 10.5 Å². The van der Waals surface area contributed by atoms with Gasteiger partial charge in [0.05, 0.1) is 17.4 Å². The summed E-state index contributed by atoms with van der Waals surface area (Å²) in [5.74, 6) is -0.302. The Hall–Kier alpha value is -2.41. The second kappa shape index (κ2) is 5.92. The lowest BCUT2D eigenvalue weighted by molar-refractivity contribution is -0.124. The van der Waals surface area contributed by atoms with Crippen molar-refractivity contribution in [2.24, 2.45) is 5.92 Å². The summed E-state index contributed by atoms with van der Waals surface area (Å²) in [6.45, 7) is 1.63. The van der Waals surface area contributed by atoms with Gasteiger partial charge in [-0.05, 0) is 44.1 Å². The molecule has 7 heteroatoms. The number of aromatic nitrogens is 2. The van der Waals surface area contributed by atoms with Crippen LogP contribution in [0, 0.1) is 5.92 Å². The van der Waals surface area contributed by atoms with Crippen molar-refractivity contribution in [2.75, 3.05) is 18.4 Å². The van der Waals surface area contributed by atoms with Crippen LogP contribution in [0.15, 0.2) is 24.5 Å². The monoisotopic (exact) mass is 287 g/mol. The largest absolute Gasteiger partial charge is 0.345 e. The zero-order valence-corrected chi connectivity index (χ0v) is 11.5. The van der Waals surface area contributed by atoms with Crippen LogP contribution in [0.5, 0.6) is 0 Å². The number of amides is 3. The molecule has 21 heavy (non-hydrogen) atoms. The highest BCUT2D eigenvalue weighted by molar-refractivity contribution is 6.02. The molecule has 0 bridgehead atoms. The Kier molecular flexibility index (Phi) is 3.83. The Morgan fingerprint density at radius 3 is 2.86 bits per heavy atom. The summed E-state index contributed by atoms with van der Waals surface area (Å²) < 4.78 is 0. The van der Waals surface area contributed by atoms with Crippen molar-refractivity contribution in [3.05, 3.63) is 24.5 Å². The number of fused-ring (bicyclic) bond motifs is 1.